The highest BCUT2D eigenvalue weighted by molar-refractivity contribution is 7.80. The van der Waals surface area contributed by atoms with E-state index in [0.717, 1.165) is 36.1 Å². The van der Waals surface area contributed by atoms with E-state index in [2.05, 4.69) is 50.0 Å². The van der Waals surface area contributed by atoms with Crippen molar-refractivity contribution in [2.75, 3.05) is 16.3 Å². The molecular weight excluding hydrogens is 442 g/mol. The molecule has 2 aliphatic heterocycles. The minimum atomic E-state index is -0.457. The van der Waals surface area contributed by atoms with E-state index in [-0.39, 0.29) is 16.2 Å². The maximum atomic E-state index is 13.6. The predicted octanol–water partition coefficient (Wildman–Crippen LogP) is 5.50. The second kappa shape index (κ2) is 8.99. The first-order valence-corrected chi connectivity index (χ1v) is 12.4. The molecule has 1 atom stereocenters. The van der Waals surface area contributed by atoms with Gasteiger partial charge in [0.2, 0.25) is 0 Å². The fraction of sp³-hybridized carbons (Fsp3) is 0.393. The van der Waals surface area contributed by atoms with E-state index in [9.17, 15) is 9.59 Å². The molecule has 0 radical (unpaired) electrons. The molecular formula is C28H33N3O2S. The van der Waals surface area contributed by atoms with Gasteiger partial charge in [0.1, 0.15) is 5.57 Å². The van der Waals surface area contributed by atoms with Crippen LogP contribution < -0.4 is 15.1 Å². The van der Waals surface area contributed by atoms with Gasteiger partial charge in [-0.05, 0) is 105 Å². The van der Waals surface area contributed by atoms with Crippen LogP contribution >= 0.6 is 12.2 Å². The molecule has 2 aliphatic rings. The molecule has 178 valence electrons. The van der Waals surface area contributed by atoms with Crippen LogP contribution in [-0.2, 0) is 16.0 Å². The number of hydrogen-bond acceptors (Lipinski definition) is 4. The van der Waals surface area contributed by atoms with Gasteiger partial charge in [-0.25, -0.2) is 0 Å². The van der Waals surface area contributed by atoms with Crippen LogP contribution in [0.1, 0.15) is 69.2 Å². The van der Waals surface area contributed by atoms with Gasteiger partial charge in [-0.2, -0.15) is 0 Å². The predicted molar refractivity (Wildman–Crippen MR) is 143 cm³/mol. The van der Waals surface area contributed by atoms with Crippen LogP contribution in [0.15, 0.2) is 42.0 Å². The lowest BCUT2D eigenvalue weighted by molar-refractivity contribution is -0.122. The summed E-state index contributed by atoms with van der Waals surface area (Å²) in [6.45, 7) is 14.0. The highest BCUT2D eigenvalue weighted by Gasteiger charge is 2.37. The number of amides is 2. The molecule has 1 N–H and O–H groups in total. The van der Waals surface area contributed by atoms with Crippen molar-refractivity contribution in [3.8, 4) is 0 Å². The number of fused-ring (bicyclic) bond motifs is 1. The Kier molecular flexibility index (Phi) is 6.38. The molecule has 1 saturated heterocycles. The Bertz CT molecular complexity index is 1210. The second-order valence-electron chi connectivity index (χ2n) is 9.87. The smallest absolute Gasteiger partial charge is 0.270 e. The number of para-hydroxylation sites is 1. The van der Waals surface area contributed by atoms with Crippen LogP contribution in [-0.4, -0.2) is 29.0 Å². The Morgan fingerprint density at radius 2 is 1.85 bits per heavy atom. The third-order valence-corrected chi connectivity index (χ3v) is 7.39. The molecule has 0 spiro atoms. The highest BCUT2D eigenvalue weighted by atomic mass is 32.1. The molecule has 2 aromatic carbocycles. The average Bonchev–Trinajstić information content (AvgIpc) is 2.77. The number of nitrogens with one attached hydrogen (secondary N) is 1. The Labute approximate surface area is 207 Å². The number of carbonyl (C=O) groups excluding carboxylic acids is 2. The summed E-state index contributed by atoms with van der Waals surface area (Å²) in [5.74, 6) is -0.472. The molecule has 5 nitrogen and oxygen atoms in total. The third-order valence-electron chi connectivity index (χ3n) is 7.10. The van der Waals surface area contributed by atoms with Crippen LogP contribution in [0.4, 0.5) is 11.4 Å². The summed E-state index contributed by atoms with van der Waals surface area (Å²) in [4.78, 5) is 30.3. The number of anilines is 2. The summed E-state index contributed by atoms with van der Waals surface area (Å²) in [7, 11) is 0. The zero-order chi connectivity index (χ0) is 24.8. The second-order valence-corrected chi connectivity index (χ2v) is 10.3. The Morgan fingerprint density at radius 1 is 1.15 bits per heavy atom. The van der Waals surface area contributed by atoms with Crippen molar-refractivity contribution in [2.45, 2.75) is 65.8 Å². The van der Waals surface area contributed by atoms with Gasteiger partial charge in [0.15, 0.2) is 5.11 Å². The summed E-state index contributed by atoms with van der Waals surface area (Å²) in [6.07, 6.45) is 3.52. The number of thiocarbonyl (C=S) groups is 1. The minimum absolute atomic E-state index is 0.0790. The number of aryl methyl sites for hydroxylation is 2. The van der Waals surface area contributed by atoms with Gasteiger partial charge in [-0.3, -0.25) is 19.8 Å². The maximum Gasteiger partial charge on any atom is 0.270 e. The van der Waals surface area contributed by atoms with Gasteiger partial charge in [0, 0.05) is 17.8 Å². The molecule has 6 heteroatoms. The molecule has 34 heavy (non-hydrogen) atoms. The first-order valence-electron chi connectivity index (χ1n) is 12.0. The number of hydrogen-bond donors (Lipinski definition) is 1. The van der Waals surface area contributed by atoms with Crippen LogP contribution in [0.5, 0.6) is 0 Å². The third kappa shape index (κ3) is 4.05. The number of carbonyl (C=O) groups is 2. The van der Waals surface area contributed by atoms with Gasteiger partial charge in [0.25, 0.3) is 11.8 Å². The lowest BCUT2D eigenvalue weighted by Gasteiger charge is -2.47. The zero-order valence-electron chi connectivity index (χ0n) is 20.9. The Hall–Kier alpha value is -2.99. The quantitative estimate of drug-likeness (QED) is 0.360. The Morgan fingerprint density at radius 3 is 2.53 bits per heavy atom. The summed E-state index contributed by atoms with van der Waals surface area (Å²) >= 11 is 5.40. The van der Waals surface area contributed by atoms with Gasteiger partial charge in [0.05, 0.1) is 5.69 Å². The highest BCUT2D eigenvalue weighted by Crippen LogP contribution is 2.44. The van der Waals surface area contributed by atoms with Crippen molar-refractivity contribution in [3.63, 3.8) is 0 Å². The van der Waals surface area contributed by atoms with E-state index < -0.39 is 11.8 Å². The zero-order valence-corrected chi connectivity index (χ0v) is 21.7. The van der Waals surface area contributed by atoms with Crippen molar-refractivity contribution in [2.24, 2.45) is 0 Å². The van der Waals surface area contributed by atoms with Gasteiger partial charge < -0.3 is 4.90 Å². The number of nitrogens with zero attached hydrogens (tertiary/aromatic N) is 2. The monoisotopic (exact) mass is 475 g/mol. The van der Waals surface area contributed by atoms with Gasteiger partial charge >= 0.3 is 0 Å². The fourth-order valence-electron chi connectivity index (χ4n) is 5.46. The topological polar surface area (TPSA) is 52.7 Å². The summed E-state index contributed by atoms with van der Waals surface area (Å²) in [5.41, 5.74) is 6.29. The van der Waals surface area contributed by atoms with Crippen LogP contribution in [0.2, 0.25) is 0 Å². The molecule has 2 aromatic rings. The molecule has 1 fully saturated rings. The van der Waals surface area contributed by atoms with Crippen molar-refractivity contribution >= 4 is 46.6 Å². The molecule has 0 unspecified atom stereocenters. The van der Waals surface area contributed by atoms with Crippen molar-refractivity contribution in [1.82, 2.24) is 5.32 Å². The first kappa shape index (κ1) is 24.1. The molecule has 0 aromatic heterocycles. The first-order chi connectivity index (χ1) is 16.1. The summed E-state index contributed by atoms with van der Waals surface area (Å²) < 4.78 is 0. The number of rotatable bonds is 4. The normalized spacial score (nSPS) is 21.1. The number of benzene rings is 2. The van der Waals surface area contributed by atoms with Crippen molar-refractivity contribution in [1.29, 1.82) is 0 Å². The van der Waals surface area contributed by atoms with E-state index in [1.807, 2.05) is 38.1 Å². The van der Waals surface area contributed by atoms with Crippen molar-refractivity contribution in [3.05, 3.63) is 64.2 Å². The van der Waals surface area contributed by atoms with Crippen LogP contribution in [0.3, 0.4) is 0 Å². The van der Waals surface area contributed by atoms with Crippen LogP contribution in [0, 0.1) is 6.92 Å². The summed E-state index contributed by atoms with van der Waals surface area (Å²) in [6, 6.07) is 12.0. The minimum Gasteiger partial charge on any atom is -0.366 e. The fourth-order valence-corrected chi connectivity index (χ4v) is 5.74. The van der Waals surface area contributed by atoms with Gasteiger partial charge in [-0.15, -0.1) is 0 Å². The molecule has 4 rings (SSSR count). The largest absolute Gasteiger partial charge is 0.366 e. The van der Waals surface area contributed by atoms with E-state index in [0.29, 0.717) is 11.6 Å². The van der Waals surface area contributed by atoms with E-state index in [1.54, 1.807) is 6.08 Å². The molecule has 2 amide bonds. The van der Waals surface area contributed by atoms with Gasteiger partial charge in [-0.1, -0.05) is 32.0 Å². The van der Waals surface area contributed by atoms with E-state index in [4.69, 9.17) is 12.2 Å². The van der Waals surface area contributed by atoms with E-state index in [1.165, 1.54) is 16.2 Å². The van der Waals surface area contributed by atoms with Crippen LogP contribution in [0.25, 0.3) is 6.08 Å². The lowest BCUT2D eigenvalue weighted by Crippen LogP contribution is -2.54. The molecule has 0 saturated carbocycles. The SMILES string of the molecule is CCc1ccccc1N1C(=O)/C(=C/c2cc3c(cc2C)N(CC)C(C)(C)C[C@H]3C)C(=O)NC1=S. The molecule has 0 bridgehead atoms. The lowest BCUT2D eigenvalue weighted by atomic mass is 9.79. The maximum absolute atomic E-state index is 13.6. The molecule has 2 heterocycles. The average molecular weight is 476 g/mol. The standard InChI is InChI=1S/C28H33N3O2S/c1-7-19-11-9-10-12-23(19)31-26(33)22(25(32)29-27(31)34)15-20-14-21-18(4)16-28(5,6)30(8-2)24(21)13-17(20)3/h9-15,18H,7-8,16H2,1-6H3,(H,29,32,34)/b22-15+/t18-/m1/s1. The van der Waals surface area contributed by atoms with E-state index >= 15 is 0 Å². The van der Waals surface area contributed by atoms with Crippen molar-refractivity contribution < 1.29 is 9.59 Å². The summed E-state index contributed by atoms with van der Waals surface area (Å²) in [5, 5.41) is 2.83. The Balaban J connectivity index is 1.79. The molecule has 0 aliphatic carbocycles.